The Morgan fingerprint density at radius 2 is 2.31 bits per heavy atom. The predicted molar refractivity (Wildman–Crippen MR) is 110 cm³/mol. The molecule has 0 saturated heterocycles. The SMILES string of the molecule is COC(=O)[C@H](CCSC)NC(=O)N1CCc2[nH]cnc2[C@H]1c1ccc(Cl)cc1F. The molecule has 0 fully saturated rings. The number of H-pyrrole nitrogens is 1. The zero-order valence-corrected chi connectivity index (χ0v) is 17.6. The lowest BCUT2D eigenvalue weighted by Gasteiger charge is -2.36. The quantitative estimate of drug-likeness (QED) is 0.674. The fourth-order valence-corrected chi connectivity index (χ4v) is 4.02. The van der Waals surface area contributed by atoms with Crippen LogP contribution in [-0.4, -0.2) is 58.6 Å². The number of aromatic nitrogens is 2. The van der Waals surface area contributed by atoms with Crippen LogP contribution in [0, 0.1) is 5.82 Å². The van der Waals surface area contributed by atoms with Crippen molar-refractivity contribution < 1.29 is 18.7 Å². The Bertz CT molecular complexity index is 894. The van der Waals surface area contributed by atoms with Gasteiger partial charge < -0.3 is 19.9 Å². The summed E-state index contributed by atoms with van der Waals surface area (Å²) in [5.74, 6) is -0.360. The summed E-state index contributed by atoms with van der Waals surface area (Å²) in [4.78, 5) is 34.0. The molecule has 2 atom stereocenters. The molecule has 1 aromatic heterocycles. The van der Waals surface area contributed by atoms with Crippen LogP contribution in [0.2, 0.25) is 5.02 Å². The Balaban J connectivity index is 1.91. The van der Waals surface area contributed by atoms with E-state index >= 15 is 0 Å². The number of carbonyl (C=O) groups is 2. The van der Waals surface area contributed by atoms with E-state index in [1.807, 2.05) is 6.26 Å². The van der Waals surface area contributed by atoms with Crippen LogP contribution < -0.4 is 5.32 Å². The molecule has 0 saturated carbocycles. The zero-order chi connectivity index (χ0) is 21.0. The number of ether oxygens (including phenoxy) is 1. The predicted octanol–water partition coefficient (Wildman–Crippen LogP) is 3.15. The fourth-order valence-electron chi connectivity index (χ4n) is 3.39. The summed E-state index contributed by atoms with van der Waals surface area (Å²) in [6.07, 6.45) is 4.42. The monoisotopic (exact) mass is 440 g/mol. The topological polar surface area (TPSA) is 87.3 Å². The van der Waals surface area contributed by atoms with Gasteiger partial charge in [0.2, 0.25) is 0 Å². The van der Waals surface area contributed by atoms with Crippen LogP contribution in [0.3, 0.4) is 0 Å². The number of imidazole rings is 1. The molecule has 10 heteroatoms. The van der Waals surface area contributed by atoms with Gasteiger partial charge in [-0.1, -0.05) is 17.7 Å². The van der Waals surface area contributed by atoms with Crippen molar-refractivity contribution in [1.82, 2.24) is 20.2 Å². The third kappa shape index (κ3) is 4.67. The minimum atomic E-state index is -0.781. The van der Waals surface area contributed by atoms with E-state index in [0.29, 0.717) is 30.8 Å². The molecule has 2 amide bonds. The van der Waals surface area contributed by atoms with Crippen LogP contribution in [0.4, 0.5) is 9.18 Å². The summed E-state index contributed by atoms with van der Waals surface area (Å²) >= 11 is 7.46. The third-order valence-electron chi connectivity index (χ3n) is 4.84. The molecule has 2 N–H and O–H groups in total. The van der Waals surface area contributed by atoms with Gasteiger partial charge in [0.1, 0.15) is 17.9 Å². The first kappa shape index (κ1) is 21.4. The molecule has 0 radical (unpaired) electrons. The number of nitrogens with zero attached hydrogens (tertiary/aromatic N) is 2. The molecule has 2 aromatic rings. The van der Waals surface area contributed by atoms with E-state index in [9.17, 15) is 14.0 Å². The fraction of sp³-hybridized carbons (Fsp3) is 0.421. The number of thioether (sulfide) groups is 1. The molecule has 1 aliphatic heterocycles. The van der Waals surface area contributed by atoms with Crippen LogP contribution in [0.1, 0.15) is 29.4 Å². The number of urea groups is 1. The number of carbonyl (C=O) groups excluding carboxylic acids is 2. The van der Waals surface area contributed by atoms with E-state index < -0.39 is 29.9 Å². The number of rotatable bonds is 6. The van der Waals surface area contributed by atoms with Gasteiger partial charge in [-0.05, 0) is 30.6 Å². The van der Waals surface area contributed by atoms with Gasteiger partial charge in [0, 0.05) is 29.2 Å². The van der Waals surface area contributed by atoms with Crippen molar-refractivity contribution in [2.45, 2.75) is 24.9 Å². The van der Waals surface area contributed by atoms with Crippen LogP contribution in [0.5, 0.6) is 0 Å². The standard InChI is InChI=1S/C19H22ClFN4O3S/c1-28-18(26)15(6-8-29-2)24-19(27)25-7-5-14-16(23-10-22-14)17(25)12-4-3-11(20)9-13(12)21/h3-4,9-10,15,17H,5-8H2,1-2H3,(H,22,23)(H,24,27)/t15-,17+/m0/s1. The Labute approximate surface area is 177 Å². The first-order valence-corrected chi connectivity index (χ1v) is 10.8. The van der Waals surface area contributed by atoms with Gasteiger partial charge in [0.15, 0.2) is 0 Å². The van der Waals surface area contributed by atoms with Crippen molar-refractivity contribution in [1.29, 1.82) is 0 Å². The van der Waals surface area contributed by atoms with Crippen molar-refractivity contribution in [3.05, 3.63) is 52.3 Å². The number of amides is 2. The van der Waals surface area contributed by atoms with E-state index in [1.165, 1.54) is 24.4 Å². The molecule has 0 spiro atoms. The maximum Gasteiger partial charge on any atom is 0.328 e. The lowest BCUT2D eigenvalue weighted by molar-refractivity contribution is -0.142. The Hall–Kier alpha value is -2.26. The average Bonchev–Trinajstić information content (AvgIpc) is 3.19. The van der Waals surface area contributed by atoms with Gasteiger partial charge in [-0.3, -0.25) is 0 Å². The van der Waals surface area contributed by atoms with E-state index in [4.69, 9.17) is 16.3 Å². The van der Waals surface area contributed by atoms with Crippen LogP contribution in [-0.2, 0) is 16.0 Å². The molecule has 2 heterocycles. The molecular weight excluding hydrogens is 419 g/mol. The Morgan fingerprint density at radius 3 is 3.00 bits per heavy atom. The van der Waals surface area contributed by atoms with E-state index in [0.717, 1.165) is 5.69 Å². The van der Waals surface area contributed by atoms with Crippen LogP contribution in [0.25, 0.3) is 0 Å². The molecule has 0 unspecified atom stereocenters. The smallest absolute Gasteiger partial charge is 0.328 e. The van der Waals surface area contributed by atoms with Crippen LogP contribution in [0.15, 0.2) is 24.5 Å². The Kier molecular flexibility index (Phi) is 7.02. The maximum atomic E-state index is 14.7. The molecule has 29 heavy (non-hydrogen) atoms. The number of hydrogen-bond donors (Lipinski definition) is 2. The molecule has 0 bridgehead atoms. The lowest BCUT2D eigenvalue weighted by atomic mass is 9.95. The number of methoxy groups -OCH3 is 1. The number of hydrogen-bond acceptors (Lipinski definition) is 5. The number of nitrogens with one attached hydrogen (secondary N) is 2. The van der Waals surface area contributed by atoms with Crippen LogP contribution >= 0.6 is 23.4 Å². The minimum Gasteiger partial charge on any atom is -0.467 e. The molecule has 0 aliphatic carbocycles. The highest BCUT2D eigenvalue weighted by Gasteiger charge is 2.37. The van der Waals surface area contributed by atoms with Crippen molar-refractivity contribution in [3.8, 4) is 0 Å². The highest BCUT2D eigenvalue weighted by molar-refractivity contribution is 7.98. The van der Waals surface area contributed by atoms with Gasteiger partial charge in [-0.15, -0.1) is 0 Å². The molecule has 1 aliphatic rings. The van der Waals surface area contributed by atoms with Gasteiger partial charge in [0.25, 0.3) is 0 Å². The van der Waals surface area contributed by atoms with Gasteiger partial charge in [0.05, 0.1) is 19.1 Å². The number of aromatic amines is 1. The largest absolute Gasteiger partial charge is 0.467 e. The highest BCUT2D eigenvalue weighted by atomic mass is 35.5. The summed E-state index contributed by atoms with van der Waals surface area (Å²) < 4.78 is 19.5. The lowest BCUT2D eigenvalue weighted by Crippen LogP contribution is -2.51. The second kappa shape index (κ2) is 9.49. The van der Waals surface area contributed by atoms with Crippen molar-refractivity contribution >= 4 is 35.4 Å². The molecule has 156 valence electrons. The minimum absolute atomic E-state index is 0.267. The number of halogens is 2. The third-order valence-corrected chi connectivity index (χ3v) is 5.72. The second-order valence-corrected chi connectivity index (χ2v) is 8.01. The zero-order valence-electron chi connectivity index (χ0n) is 16.1. The summed E-state index contributed by atoms with van der Waals surface area (Å²) in [7, 11) is 1.28. The summed E-state index contributed by atoms with van der Waals surface area (Å²) in [5.41, 5.74) is 1.71. The molecule has 3 rings (SSSR count). The number of fused-ring (bicyclic) bond motifs is 1. The summed E-state index contributed by atoms with van der Waals surface area (Å²) in [6.45, 7) is 0.337. The van der Waals surface area contributed by atoms with Crippen molar-refractivity contribution in [3.63, 3.8) is 0 Å². The van der Waals surface area contributed by atoms with Gasteiger partial charge >= 0.3 is 12.0 Å². The average molecular weight is 441 g/mol. The number of benzene rings is 1. The Morgan fingerprint density at radius 1 is 1.52 bits per heavy atom. The molecule has 7 nitrogen and oxygen atoms in total. The number of esters is 1. The highest BCUT2D eigenvalue weighted by Crippen LogP contribution is 2.35. The molecule has 1 aromatic carbocycles. The van der Waals surface area contributed by atoms with Crippen molar-refractivity contribution in [2.75, 3.05) is 25.7 Å². The van der Waals surface area contributed by atoms with Crippen molar-refractivity contribution in [2.24, 2.45) is 0 Å². The van der Waals surface area contributed by atoms with Gasteiger partial charge in [-0.2, -0.15) is 11.8 Å². The van der Waals surface area contributed by atoms with Gasteiger partial charge in [-0.25, -0.2) is 19.0 Å². The summed E-state index contributed by atoms with van der Waals surface area (Å²) in [5, 5.41) is 3.01. The summed E-state index contributed by atoms with van der Waals surface area (Å²) in [6, 6.07) is 2.35. The second-order valence-electron chi connectivity index (χ2n) is 6.58. The first-order chi connectivity index (χ1) is 14.0. The maximum absolute atomic E-state index is 14.7. The molecular formula is C19H22ClFN4O3S. The van der Waals surface area contributed by atoms with E-state index in [-0.39, 0.29) is 10.6 Å². The van der Waals surface area contributed by atoms with E-state index in [2.05, 4.69) is 15.3 Å². The first-order valence-electron chi connectivity index (χ1n) is 9.07. The normalized spacial score (nSPS) is 16.8. The van der Waals surface area contributed by atoms with E-state index in [1.54, 1.807) is 23.9 Å².